The maximum absolute atomic E-state index is 12.9. The topological polar surface area (TPSA) is 93.5 Å². The van der Waals surface area contributed by atoms with Gasteiger partial charge in [-0.1, -0.05) is 49.7 Å². The van der Waals surface area contributed by atoms with Crippen LogP contribution in [0.1, 0.15) is 60.7 Å². The number of ether oxygens (including phenoxy) is 1. The van der Waals surface area contributed by atoms with E-state index in [0.29, 0.717) is 35.0 Å². The zero-order valence-corrected chi connectivity index (χ0v) is 22.2. The van der Waals surface area contributed by atoms with Gasteiger partial charge in [0.2, 0.25) is 5.78 Å². The minimum atomic E-state index is -0.265. The summed E-state index contributed by atoms with van der Waals surface area (Å²) < 4.78 is 7.39. The van der Waals surface area contributed by atoms with Crippen LogP contribution in [-0.4, -0.2) is 45.1 Å². The van der Waals surface area contributed by atoms with E-state index in [1.165, 1.54) is 0 Å². The smallest absolute Gasteiger partial charge is 0.251 e. The van der Waals surface area contributed by atoms with Crippen LogP contribution in [0.15, 0.2) is 48.7 Å². The number of nitrogens with one attached hydrogen (secondary N) is 1. The highest BCUT2D eigenvalue weighted by Gasteiger charge is 2.19. The van der Waals surface area contributed by atoms with Gasteiger partial charge >= 0.3 is 0 Å². The van der Waals surface area contributed by atoms with Crippen molar-refractivity contribution in [1.82, 2.24) is 14.9 Å². The number of benzene rings is 2. The summed E-state index contributed by atoms with van der Waals surface area (Å²) in [5, 5.41) is 12.9. The molecule has 0 radical (unpaired) electrons. The molecule has 0 aliphatic carbocycles. The molecule has 0 aliphatic heterocycles. The number of aromatic nitrogens is 2. The summed E-state index contributed by atoms with van der Waals surface area (Å²) in [4.78, 5) is 29.7. The lowest BCUT2D eigenvalue weighted by molar-refractivity contribution is 0.0919. The number of carbonyl (C=O) groups excluding carboxylic acids is 2. The molecule has 0 saturated carbocycles. The Balaban J connectivity index is 1.69. The number of aryl methyl sites for hydroxylation is 1. The Bertz CT molecular complexity index is 1200. The third kappa shape index (κ3) is 6.95. The summed E-state index contributed by atoms with van der Waals surface area (Å²) in [6.45, 7) is 7.48. The van der Waals surface area contributed by atoms with Crippen LogP contribution in [0.4, 0.5) is 0 Å². The molecule has 0 saturated heterocycles. The third-order valence-corrected chi connectivity index (χ3v) is 6.02. The number of amides is 1. The zero-order valence-electron chi connectivity index (χ0n) is 21.4. The van der Waals surface area contributed by atoms with Gasteiger partial charge in [0, 0.05) is 42.9 Å². The summed E-state index contributed by atoms with van der Waals surface area (Å²) in [7, 11) is 1.82. The molecule has 192 valence electrons. The quantitative estimate of drug-likeness (QED) is 0.350. The van der Waals surface area contributed by atoms with E-state index in [1.54, 1.807) is 22.8 Å². The number of aliphatic hydroxyl groups is 1. The number of carbonyl (C=O) groups is 2. The van der Waals surface area contributed by atoms with Gasteiger partial charge in [-0.3, -0.25) is 9.59 Å². The second-order valence-electron chi connectivity index (χ2n) is 9.48. The summed E-state index contributed by atoms with van der Waals surface area (Å²) in [5.41, 5.74) is 3.07. The molecule has 1 aromatic heterocycles. The lowest BCUT2D eigenvalue weighted by Gasteiger charge is -2.19. The fraction of sp³-hybridized carbons (Fsp3) is 0.393. The summed E-state index contributed by atoms with van der Waals surface area (Å²) >= 11 is 6.28. The van der Waals surface area contributed by atoms with Crippen molar-refractivity contribution in [3.8, 4) is 17.0 Å². The number of hydrogen-bond donors (Lipinski definition) is 2. The maximum atomic E-state index is 12.9. The Hall–Kier alpha value is -3.16. The molecule has 1 atom stereocenters. The van der Waals surface area contributed by atoms with E-state index in [-0.39, 0.29) is 36.4 Å². The van der Waals surface area contributed by atoms with E-state index in [2.05, 4.69) is 10.3 Å². The van der Waals surface area contributed by atoms with Crippen LogP contribution in [0, 0.1) is 5.92 Å². The highest BCUT2D eigenvalue weighted by atomic mass is 35.5. The van der Waals surface area contributed by atoms with E-state index >= 15 is 0 Å². The Morgan fingerprint density at radius 1 is 1.11 bits per heavy atom. The summed E-state index contributed by atoms with van der Waals surface area (Å²) in [6, 6.07) is 12.5. The molecule has 0 fully saturated rings. The minimum absolute atomic E-state index is 0.00586. The second kappa shape index (κ2) is 12.2. The highest BCUT2D eigenvalue weighted by Crippen LogP contribution is 2.27. The summed E-state index contributed by atoms with van der Waals surface area (Å²) in [5.74, 6) is 0.593. The van der Waals surface area contributed by atoms with Gasteiger partial charge in [-0.2, -0.15) is 0 Å². The third-order valence-electron chi connectivity index (χ3n) is 5.72. The normalized spacial score (nSPS) is 12.1. The first-order valence-electron chi connectivity index (χ1n) is 12.1. The van der Waals surface area contributed by atoms with Gasteiger partial charge in [-0.25, -0.2) is 4.98 Å². The number of hydrogen-bond acceptors (Lipinski definition) is 5. The average Bonchev–Trinajstić information content (AvgIpc) is 3.21. The SMILES string of the molecule is CC(C)Oc1ccc(C(=O)NC(CCO)Cc2ccc(-c3cn(C)c(C(=O)C(C)C)n3)cc2)cc1Cl. The molecule has 0 bridgehead atoms. The molecule has 1 heterocycles. The van der Waals surface area contributed by atoms with Crippen molar-refractivity contribution in [2.24, 2.45) is 13.0 Å². The first kappa shape index (κ1) is 27.4. The van der Waals surface area contributed by atoms with E-state index in [9.17, 15) is 14.7 Å². The fourth-order valence-electron chi connectivity index (χ4n) is 3.83. The van der Waals surface area contributed by atoms with Crippen molar-refractivity contribution in [1.29, 1.82) is 0 Å². The first-order chi connectivity index (χ1) is 17.1. The number of ketones is 1. The van der Waals surface area contributed by atoms with E-state index in [4.69, 9.17) is 16.3 Å². The predicted molar refractivity (Wildman–Crippen MR) is 142 cm³/mol. The second-order valence-corrected chi connectivity index (χ2v) is 9.88. The van der Waals surface area contributed by atoms with Crippen LogP contribution in [0.2, 0.25) is 5.02 Å². The number of halogens is 1. The van der Waals surface area contributed by atoms with E-state index < -0.39 is 0 Å². The van der Waals surface area contributed by atoms with Crippen molar-refractivity contribution in [2.75, 3.05) is 6.61 Å². The molecule has 1 amide bonds. The largest absolute Gasteiger partial charge is 0.489 e. The molecular formula is C28H34ClN3O4. The van der Waals surface area contributed by atoms with Crippen molar-refractivity contribution >= 4 is 23.3 Å². The molecule has 3 aromatic rings. The van der Waals surface area contributed by atoms with Crippen LogP contribution >= 0.6 is 11.6 Å². The molecule has 3 rings (SSSR count). The number of imidazole rings is 1. The molecular weight excluding hydrogens is 478 g/mol. The Morgan fingerprint density at radius 2 is 1.81 bits per heavy atom. The van der Waals surface area contributed by atoms with Gasteiger partial charge in [-0.15, -0.1) is 0 Å². The van der Waals surface area contributed by atoms with Crippen LogP contribution in [0.25, 0.3) is 11.3 Å². The number of aliphatic hydroxyl groups excluding tert-OH is 1. The first-order valence-corrected chi connectivity index (χ1v) is 12.5. The van der Waals surface area contributed by atoms with E-state index in [0.717, 1.165) is 16.8 Å². The van der Waals surface area contributed by atoms with Gasteiger partial charge in [0.15, 0.2) is 5.82 Å². The molecule has 0 spiro atoms. The monoisotopic (exact) mass is 511 g/mol. The van der Waals surface area contributed by atoms with Gasteiger partial charge in [0.25, 0.3) is 5.91 Å². The Morgan fingerprint density at radius 3 is 2.39 bits per heavy atom. The minimum Gasteiger partial charge on any atom is -0.489 e. The molecule has 7 nitrogen and oxygen atoms in total. The fourth-order valence-corrected chi connectivity index (χ4v) is 4.06. The maximum Gasteiger partial charge on any atom is 0.251 e. The predicted octanol–water partition coefficient (Wildman–Crippen LogP) is 5.09. The van der Waals surface area contributed by atoms with Gasteiger partial charge in [-0.05, 0) is 50.5 Å². The van der Waals surface area contributed by atoms with Crippen molar-refractivity contribution in [3.05, 3.63) is 70.6 Å². The van der Waals surface area contributed by atoms with Crippen LogP contribution < -0.4 is 10.1 Å². The van der Waals surface area contributed by atoms with Crippen LogP contribution in [-0.2, 0) is 13.5 Å². The molecule has 8 heteroatoms. The standard InChI is InChI=1S/C28H34ClN3O4/c1-17(2)26(34)27-31-24(16-32(27)5)20-8-6-19(7-9-20)14-22(12-13-33)30-28(35)21-10-11-25(23(29)15-21)36-18(3)4/h6-11,15-18,22,33H,12-14H2,1-5H3,(H,30,35). The van der Waals surface area contributed by atoms with Gasteiger partial charge in [0.05, 0.1) is 16.8 Å². The van der Waals surface area contributed by atoms with Crippen LogP contribution in [0.5, 0.6) is 5.75 Å². The summed E-state index contributed by atoms with van der Waals surface area (Å²) in [6.07, 6.45) is 2.79. The van der Waals surface area contributed by atoms with Gasteiger partial charge in [0.1, 0.15) is 5.75 Å². The number of nitrogens with zero attached hydrogens (tertiary/aromatic N) is 2. The molecule has 2 aromatic carbocycles. The number of rotatable bonds is 11. The zero-order chi connectivity index (χ0) is 26.4. The molecule has 0 aliphatic rings. The average molecular weight is 512 g/mol. The molecule has 2 N–H and O–H groups in total. The Kier molecular flexibility index (Phi) is 9.29. The van der Waals surface area contributed by atoms with Crippen LogP contribution in [0.3, 0.4) is 0 Å². The van der Waals surface area contributed by atoms with Crippen molar-refractivity contribution in [2.45, 2.75) is 52.7 Å². The molecule has 1 unspecified atom stereocenters. The highest BCUT2D eigenvalue weighted by molar-refractivity contribution is 6.32. The van der Waals surface area contributed by atoms with Gasteiger partial charge < -0.3 is 19.7 Å². The number of Topliss-reactive ketones (excluding diaryl/α,β-unsaturated/α-hetero) is 1. The van der Waals surface area contributed by atoms with E-state index in [1.807, 2.05) is 65.2 Å². The lowest BCUT2D eigenvalue weighted by atomic mass is 10.0. The van der Waals surface area contributed by atoms with Crippen molar-refractivity contribution < 1.29 is 19.4 Å². The Labute approximate surface area is 217 Å². The molecule has 36 heavy (non-hydrogen) atoms. The van der Waals surface area contributed by atoms with Crippen molar-refractivity contribution in [3.63, 3.8) is 0 Å². The lowest BCUT2D eigenvalue weighted by Crippen LogP contribution is -2.37.